The van der Waals surface area contributed by atoms with Gasteiger partial charge in [0.2, 0.25) is 0 Å². The highest BCUT2D eigenvalue weighted by Crippen LogP contribution is 2.37. The van der Waals surface area contributed by atoms with Gasteiger partial charge in [0.05, 0.1) is 11.2 Å². The maximum atomic E-state index is 10.2. The van der Waals surface area contributed by atoms with Crippen molar-refractivity contribution >= 4 is 13.4 Å². The number of aldehydes is 1. The van der Waals surface area contributed by atoms with Crippen molar-refractivity contribution in [2.75, 3.05) is 0 Å². The van der Waals surface area contributed by atoms with Crippen LogP contribution in [0.4, 0.5) is 0 Å². The molecule has 0 amide bonds. The van der Waals surface area contributed by atoms with Gasteiger partial charge in [-0.15, -0.1) is 0 Å². The summed E-state index contributed by atoms with van der Waals surface area (Å²) < 4.78 is 11.4. The molecule has 1 saturated heterocycles. The molecule has 0 aromatic rings. The Kier molecular flexibility index (Phi) is 5.55. The van der Waals surface area contributed by atoms with Gasteiger partial charge in [-0.2, -0.15) is 0 Å². The number of carbonyl (C=O) groups excluding carboxylic acids is 1. The molecule has 0 aromatic carbocycles. The van der Waals surface area contributed by atoms with Gasteiger partial charge in [0.15, 0.2) is 5.79 Å². The molecule has 0 bridgehead atoms. The van der Waals surface area contributed by atoms with Crippen LogP contribution in [0.15, 0.2) is 12.1 Å². The summed E-state index contributed by atoms with van der Waals surface area (Å²) >= 11 is 0. The van der Waals surface area contributed by atoms with E-state index in [4.69, 9.17) is 9.31 Å². The van der Waals surface area contributed by atoms with Crippen molar-refractivity contribution in [3.8, 4) is 0 Å². The molecule has 0 aliphatic carbocycles. The Morgan fingerprint density at radius 3 is 2.15 bits per heavy atom. The standard InChI is InChI=1S/C14H25BO5/c1-12(2)13(3,4)20-15(19-12)10-9-14(17,18)8-6-5-7-11-16/h9-11,17-18H,5-8H2,1-4H3/b10-9+. The lowest BCUT2D eigenvalue weighted by Crippen LogP contribution is -2.41. The summed E-state index contributed by atoms with van der Waals surface area (Å²) in [6, 6.07) is 0. The number of rotatable bonds is 7. The Labute approximate surface area is 121 Å². The minimum atomic E-state index is -1.90. The molecule has 114 valence electrons. The first-order valence-corrected chi connectivity index (χ1v) is 7.03. The van der Waals surface area contributed by atoms with Crippen molar-refractivity contribution in [2.24, 2.45) is 0 Å². The van der Waals surface area contributed by atoms with Gasteiger partial charge in [-0.3, -0.25) is 0 Å². The Morgan fingerprint density at radius 1 is 1.10 bits per heavy atom. The average Bonchev–Trinajstić information content (AvgIpc) is 2.51. The maximum absolute atomic E-state index is 10.2. The van der Waals surface area contributed by atoms with E-state index in [-0.39, 0.29) is 6.42 Å². The second-order valence-electron chi connectivity index (χ2n) is 6.27. The molecule has 1 fully saturated rings. The largest absolute Gasteiger partial charge is 0.486 e. The van der Waals surface area contributed by atoms with Crippen LogP contribution >= 0.6 is 0 Å². The number of hydrogen-bond acceptors (Lipinski definition) is 5. The predicted molar refractivity (Wildman–Crippen MR) is 76.9 cm³/mol. The van der Waals surface area contributed by atoms with E-state index in [0.717, 1.165) is 6.29 Å². The van der Waals surface area contributed by atoms with E-state index in [2.05, 4.69) is 0 Å². The number of unbranched alkanes of at least 4 members (excludes halogenated alkanes) is 2. The highest BCUT2D eigenvalue weighted by molar-refractivity contribution is 6.51. The summed E-state index contributed by atoms with van der Waals surface area (Å²) in [5, 5.41) is 19.6. The molecule has 0 saturated carbocycles. The summed E-state index contributed by atoms with van der Waals surface area (Å²) in [6.45, 7) is 7.74. The zero-order valence-corrected chi connectivity index (χ0v) is 12.8. The SMILES string of the molecule is CC1(C)OB(/C=C/C(O)(O)CCCCC=O)OC1(C)C. The van der Waals surface area contributed by atoms with Crippen LogP contribution in [-0.2, 0) is 14.1 Å². The quantitative estimate of drug-likeness (QED) is 0.321. The average molecular weight is 284 g/mol. The van der Waals surface area contributed by atoms with Crippen molar-refractivity contribution in [1.82, 2.24) is 0 Å². The normalized spacial score (nSPS) is 21.6. The van der Waals surface area contributed by atoms with Crippen LogP contribution in [0.2, 0.25) is 0 Å². The molecule has 1 heterocycles. The summed E-state index contributed by atoms with van der Waals surface area (Å²) in [6.07, 6.45) is 3.96. The van der Waals surface area contributed by atoms with Gasteiger partial charge in [-0.1, -0.05) is 5.98 Å². The molecule has 0 radical (unpaired) electrons. The van der Waals surface area contributed by atoms with E-state index in [0.29, 0.717) is 19.3 Å². The van der Waals surface area contributed by atoms with Crippen molar-refractivity contribution in [2.45, 2.75) is 70.4 Å². The van der Waals surface area contributed by atoms with Crippen LogP contribution < -0.4 is 0 Å². The lowest BCUT2D eigenvalue weighted by Gasteiger charge is -2.32. The molecular formula is C14H25BO5. The fourth-order valence-corrected chi connectivity index (χ4v) is 1.90. The Hall–Kier alpha value is -0.685. The predicted octanol–water partition coefficient (Wildman–Crippen LogP) is 1.61. The van der Waals surface area contributed by atoms with Gasteiger partial charge in [0.1, 0.15) is 6.29 Å². The van der Waals surface area contributed by atoms with Crippen LogP contribution in [0.3, 0.4) is 0 Å². The fraction of sp³-hybridized carbons (Fsp3) is 0.786. The summed E-state index contributed by atoms with van der Waals surface area (Å²) in [7, 11) is -0.589. The topological polar surface area (TPSA) is 76.0 Å². The first-order valence-electron chi connectivity index (χ1n) is 7.03. The zero-order chi connectivity index (χ0) is 15.4. The second-order valence-corrected chi connectivity index (χ2v) is 6.27. The molecule has 2 N–H and O–H groups in total. The summed E-state index contributed by atoms with van der Waals surface area (Å²) in [4.78, 5) is 10.2. The molecule has 6 heteroatoms. The molecule has 1 aliphatic rings. The minimum absolute atomic E-state index is 0.177. The van der Waals surface area contributed by atoms with Gasteiger partial charge < -0.3 is 24.3 Å². The molecule has 1 rings (SSSR count). The first-order chi connectivity index (χ1) is 9.10. The van der Waals surface area contributed by atoms with Gasteiger partial charge in [0.25, 0.3) is 0 Å². The van der Waals surface area contributed by atoms with Gasteiger partial charge in [-0.05, 0) is 46.6 Å². The fourth-order valence-electron chi connectivity index (χ4n) is 1.90. The lowest BCUT2D eigenvalue weighted by atomic mass is 9.88. The second kappa shape index (κ2) is 6.39. The minimum Gasteiger partial charge on any atom is -0.400 e. The van der Waals surface area contributed by atoms with Crippen molar-refractivity contribution < 1.29 is 24.3 Å². The summed E-state index contributed by atoms with van der Waals surface area (Å²) in [5.74, 6) is -0.372. The maximum Gasteiger partial charge on any atom is 0.486 e. The van der Waals surface area contributed by atoms with E-state index in [1.807, 2.05) is 27.7 Å². The van der Waals surface area contributed by atoms with Crippen molar-refractivity contribution in [1.29, 1.82) is 0 Å². The smallest absolute Gasteiger partial charge is 0.400 e. The molecular weight excluding hydrogens is 259 g/mol. The van der Waals surface area contributed by atoms with Gasteiger partial charge >= 0.3 is 7.12 Å². The van der Waals surface area contributed by atoms with Gasteiger partial charge in [0, 0.05) is 12.8 Å². The van der Waals surface area contributed by atoms with E-state index in [9.17, 15) is 15.0 Å². The van der Waals surface area contributed by atoms with Crippen LogP contribution in [0.5, 0.6) is 0 Å². The van der Waals surface area contributed by atoms with E-state index in [1.54, 1.807) is 0 Å². The van der Waals surface area contributed by atoms with Crippen LogP contribution in [-0.4, -0.2) is 40.6 Å². The van der Waals surface area contributed by atoms with Crippen LogP contribution in [0.25, 0.3) is 0 Å². The molecule has 20 heavy (non-hydrogen) atoms. The molecule has 0 unspecified atom stereocenters. The molecule has 1 aliphatic heterocycles. The van der Waals surface area contributed by atoms with Crippen molar-refractivity contribution in [3.05, 3.63) is 12.1 Å². The van der Waals surface area contributed by atoms with E-state index < -0.39 is 24.1 Å². The monoisotopic (exact) mass is 284 g/mol. The lowest BCUT2D eigenvalue weighted by molar-refractivity contribution is -0.124. The molecule has 0 atom stereocenters. The first kappa shape index (κ1) is 17.4. The Balaban J connectivity index is 2.49. The molecule has 0 spiro atoms. The molecule has 0 aromatic heterocycles. The third-order valence-electron chi connectivity index (χ3n) is 3.91. The van der Waals surface area contributed by atoms with E-state index in [1.165, 1.54) is 12.1 Å². The number of aliphatic hydroxyl groups is 2. The van der Waals surface area contributed by atoms with E-state index >= 15 is 0 Å². The van der Waals surface area contributed by atoms with Crippen molar-refractivity contribution in [3.63, 3.8) is 0 Å². The Morgan fingerprint density at radius 2 is 1.65 bits per heavy atom. The number of carbonyl (C=O) groups is 1. The highest BCUT2D eigenvalue weighted by Gasteiger charge is 2.50. The molecule has 5 nitrogen and oxygen atoms in total. The number of hydrogen-bond donors (Lipinski definition) is 2. The highest BCUT2D eigenvalue weighted by atomic mass is 16.7. The third kappa shape index (κ3) is 4.70. The van der Waals surface area contributed by atoms with Crippen LogP contribution in [0, 0.1) is 0 Å². The van der Waals surface area contributed by atoms with Gasteiger partial charge in [-0.25, -0.2) is 0 Å². The third-order valence-corrected chi connectivity index (χ3v) is 3.91. The summed E-state index contributed by atoms with van der Waals surface area (Å²) in [5.41, 5.74) is -0.890. The Bertz CT molecular complexity index is 347. The van der Waals surface area contributed by atoms with Crippen LogP contribution in [0.1, 0.15) is 53.4 Å². The zero-order valence-electron chi connectivity index (χ0n) is 12.8.